The molecule has 0 aromatic carbocycles. The molecule has 0 unspecified atom stereocenters. The summed E-state index contributed by atoms with van der Waals surface area (Å²) in [5.74, 6) is 0. The molecule has 2 heterocycles. The summed E-state index contributed by atoms with van der Waals surface area (Å²) in [5.41, 5.74) is 0.0324. The molecule has 0 saturated carbocycles. The third-order valence-electron chi connectivity index (χ3n) is 1.51. The van der Waals surface area contributed by atoms with Gasteiger partial charge in [0.2, 0.25) is 0 Å². The third-order valence-corrected chi connectivity index (χ3v) is 3.33. The Hall–Kier alpha value is 0.172. The zero-order valence-electron chi connectivity index (χ0n) is 11.7. The van der Waals surface area contributed by atoms with Gasteiger partial charge in [0.05, 0.1) is 0 Å². The van der Waals surface area contributed by atoms with E-state index in [0.29, 0.717) is 4.34 Å². The molecule has 0 fully saturated rings. The molecule has 14 heteroatoms. The van der Waals surface area contributed by atoms with Gasteiger partial charge in [-0.3, -0.25) is 17.5 Å². The fourth-order valence-corrected chi connectivity index (χ4v) is 2.21. The number of aromatic nitrogens is 2. The van der Waals surface area contributed by atoms with Crippen LogP contribution in [0.4, 0.5) is 0 Å². The Kier molecular flexibility index (Phi) is 22.0. The van der Waals surface area contributed by atoms with Crippen LogP contribution in [0.3, 0.4) is 0 Å². The predicted octanol–water partition coefficient (Wildman–Crippen LogP) is 0.859. The minimum Gasteiger partial charge on any atom is -0.328 e. The molecule has 0 aliphatic heterocycles. The molecular weight excluding hydrogens is 402 g/mol. The third kappa shape index (κ3) is 15.1. The van der Waals surface area contributed by atoms with E-state index >= 15 is 0 Å². The van der Waals surface area contributed by atoms with Crippen LogP contribution in [0.15, 0.2) is 27.1 Å². The summed E-state index contributed by atoms with van der Waals surface area (Å²) in [7, 11) is 3.42. The Morgan fingerprint density at radius 3 is 1.77 bits per heavy atom. The molecule has 0 atom stereocenters. The molecule has 8 nitrogen and oxygen atoms in total. The van der Waals surface area contributed by atoms with Gasteiger partial charge in [0.15, 0.2) is 0 Å². The van der Waals surface area contributed by atoms with Crippen LogP contribution in [0.2, 0.25) is 4.34 Å². The van der Waals surface area contributed by atoms with Crippen LogP contribution in [-0.2, 0) is 14.1 Å². The summed E-state index contributed by atoms with van der Waals surface area (Å²) in [6.07, 6.45) is 0. The average molecular weight is 413 g/mol. The van der Waals surface area contributed by atoms with Crippen molar-refractivity contribution in [3.05, 3.63) is 52.7 Å². The van der Waals surface area contributed by atoms with Crippen molar-refractivity contribution in [2.75, 3.05) is 0 Å². The zero-order valence-corrected chi connectivity index (χ0v) is 17.7. The summed E-state index contributed by atoms with van der Waals surface area (Å²) < 4.78 is 3.58. The molecule has 0 aliphatic carbocycles. The molecule has 2 aromatic heterocycles. The Morgan fingerprint density at radius 1 is 1.23 bits per heavy atom. The van der Waals surface area contributed by atoms with Crippen LogP contribution >= 0.6 is 47.1 Å². The van der Waals surface area contributed by atoms with Gasteiger partial charge in [-0.1, -0.05) is 23.1 Å². The molecule has 0 aliphatic rings. The fourth-order valence-electron chi connectivity index (χ4n) is 0.727. The van der Waals surface area contributed by atoms with E-state index < -0.39 is 5.09 Å². The molecule has 22 heavy (non-hydrogen) atoms. The van der Waals surface area contributed by atoms with Crippen LogP contribution in [0.5, 0.6) is 0 Å². The van der Waals surface area contributed by atoms with Crippen molar-refractivity contribution >= 4 is 93.2 Å². The van der Waals surface area contributed by atoms with Gasteiger partial charge in [0.25, 0.3) is 16.2 Å². The molecule has 0 saturated heterocycles. The first-order valence-corrected chi connectivity index (χ1v) is 6.50. The van der Waals surface area contributed by atoms with Gasteiger partial charge in [-0.05, 0) is 11.5 Å². The second-order valence-electron chi connectivity index (χ2n) is 2.86. The van der Waals surface area contributed by atoms with Crippen LogP contribution < -0.4 is 11.1 Å². The second kappa shape index (κ2) is 16.0. The van der Waals surface area contributed by atoms with Crippen molar-refractivity contribution in [1.82, 2.24) is 7.91 Å². The average Bonchev–Trinajstić information content (AvgIpc) is 2.75. The van der Waals surface area contributed by atoms with E-state index in [1.807, 2.05) is 0 Å². The summed E-state index contributed by atoms with van der Waals surface area (Å²) in [5, 5.41) is 15.4. The van der Waals surface area contributed by atoms with Crippen molar-refractivity contribution in [2.45, 2.75) is 0 Å². The number of hydrogen-bond donors (Lipinski definition) is 1. The predicted molar refractivity (Wildman–Crippen MR) is 91.7 cm³/mol. The maximum Gasteiger partial charge on any atom is 2.00 e. The van der Waals surface area contributed by atoms with Gasteiger partial charge < -0.3 is 5.21 Å². The quantitative estimate of drug-likeness (QED) is 0.392. The van der Waals surface area contributed by atoms with Gasteiger partial charge in [0, 0.05) is 31.6 Å². The molecule has 114 valence electrons. The van der Waals surface area contributed by atoms with Crippen molar-refractivity contribution < 1.29 is 10.3 Å². The first-order valence-electron chi connectivity index (χ1n) is 4.51. The fraction of sp³-hybridized carbons (Fsp3) is 0.250. The molecule has 0 radical (unpaired) electrons. The van der Waals surface area contributed by atoms with E-state index in [1.54, 1.807) is 29.5 Å². The standard InChI is InChI=1S/C4H4ClNOS.C4H5NOS.ClH.2Mg.HNO3/c1-6-4(7)2-3(5)8-6;1-5-4(6)2-3-7-5;;;;2-1(3)4/h2H,1H3;2-3H,1H3;1H;;;(H,2,3,4)/q;;;2*+2;. The van der Waals surface area contributed by atoms with Crippen LogP contribution in [0.1, 0.15) is 0 Å². The normalized spacial score (nSPS) is 7.59. The Balaban J connectivity index is -0.000000108. The number of nitrogens with zero attached hydrogens (tertiary/aromatic N) is 3. The van der Waals surface area contributed by atoms with Crippen molar-refractivity contribution in [1.29, 1.82) is 0 Å². The maximum atomic E-state index is 10.5. The van der Waals surface area contributed by atoms with Gasteiger partial charge >= 0.3 is 46.1 Å². The van der Waals surface area contributed by atoms with Crippen LogP contribution in [-0.4, -0.2) is 64.3 Å². The first-order chi connectivity index (χ1) is 8.73. The van der Waals surface area contributed by atoms with E-state index in [1.165, 1.54) is 33.1 Å². The van der Waals surface area contributed by atoms with Gasteiger partial charge in [-0.15, -0.1) is 22.5 Å². The molecule has 0 bridgehead atoms. The molecule has 0 amide bonds. The summed E-state index contributed by atoms with van der Waals surface area (Å²) in [6.45, 7) is 0. The maximum absolute atomic E-state index is 10.5. The summed E-state index contributed by atoms with van der Waals surface area (Å²) in [4.78, 5) is 29.3. The van der Waals surface area contributed by atoms with E-state index in [-0.39, 0.29) is 69.6 Å². The van der Waals surface area contributed by atoms with E-state index in [4.69, 9.17) is 26.9 Å². The van der Waals surface area contributed by atoms with Crippen LogP contribution in [0, 0.1) is 10.1 Å². The SMILES string of the molecule is Cl.Cn1sc(Cl)cc1=O.Cn1sccc1=O.O=[N+]([O-])O.[Mg+2].[Mg+2]. The largest absolute Gasteiger partial charge is 2.00 e. The zero-order chi connectivity index (χ0) is 15.0. The number of aryl methyl sites for hydroxylation is 2. The first kappa shape index (κ1) is 30.1. The monoisotopic (exact) mass is 411 g/mol. The number of halogens is 2. The number of rotatable bonds is 0. The smallest absolute Gasteiger partial charge is 0.328 e. The Labute approximate surface area is 176 Å². The van der Waals surface area contributed by atoms with E-state index in [0.717, 1.165) is 0 Å². The Bertz CT molecular complexity index is 638. The summed E-state index contributed by atoms with van der Waals surface area (Å²) >= 11 is 8.11. The topological polar surface area (TPSA) is 107 Å². The number of hydrogen-bond acceptors (Lipinski definition) is 6. The molecule has 2 rings (SSSR count). The molecule has 2 aromatic rings. The molecular formula is C8H11Cl2Mg2N3O5S2+4. The molecule has 0 spiro atoms. The van der Waals surface area contributed by atoms with E-state index in [9.17, 15) is 9.59 Å². The minimum absolute atomic E-state index is 0. The van der Waals surface area contributed by atoms with Crippen LogP contribution in [0.25, 0.3) is 0 Å². The Morgan fingerprint density at radius 2 is 1.68 bits per heavy atom. The van der Waals surface area contributed by atoms with Gasteiger partial charge in [0.1, 0.15) is 4.34 Å². The van der Waals surface area contributed by atoms with Gasteiger partial charge in [-0.25, -0.2) is 0 Å². The van der Waals surface area contributed by atoms with E-state index in [2.05, 4.69) is 0 Å². The van der Waals surface area contributed by atoms with Gasteiger partial charge in [-0.2, -0.15) is 0 Å². The summed E-state index contributed by atoms with van der Waals surface area (Å²) in [6, 6.07) is 2.94. The van der Waals surface area contributed by atoms with Crippen molar-refractivity contribution in [3.63, 3.8) is 0 Å². The second-order valence-corrected chi connectivity index (χ2v) is 5.69. The van der Waals surface area contributed by atoms with Crippen molar-refractivity contribution in [3.8, 4) is 0 Å². The minimum atomic E-state index is -1.50. The molecule has 1 N–H and O–H groups in total. The van der Waals surface area contributed by atoms with Crippen molar-refractivity contribution in [2.24, 2.45) is 14.1 Å².